The quantitative estimate of drug-likeness (QED) is 0.620. The van der Waals surface area contributed by atoms with E-state index in [0.29, 0.717) is 13.0 Å². The number of aromatic nitrogens is 4. The minimum atomic E-state index is 0.100. The van der Waals surface area contributed by atoms with Crippen LogP contribution in [0.2, 0.25) is 0 Å². The van der Waals surface area contributed by atoms with Crippen molar-refractivity contribution >= 4 is 16.9 Å². The zero-order valence-electron chi connectivity index (χ0n) is 14.9. The molecule has 0 saturated carbocycles. The molecule has 25 heavy (non-hydrogen) atoms. The Kier molecular flexibility index (Phi) is 5.48. The summed E-state index contributed by atoms with van der Waals surface area (Å²) in [6.07, 6.45) is 6.71. The van der Waals surface area contributed by atoms with Crippen molar-refractivity contribution in [1.82, 2.24) is 25.1 Å². The van der Waals surface area contributed by atoms with E-state index < -0.39 is 0 Å². The SMILES string of the molecule is Cc1ccc2[nH]c(CCCNC(=O)CCCn3cccn3)nc2c1C. The van der Waals surface area contributed by atoms with Crippen LogP contribution in [-0.2, 0) is 17.8 Å². The van der Waals surface area contributed by atoms with Crippen LogP contribution in [-0.4, -0.2) is 32.2 Å². The first-order valence-corrected chi connectivity index (χ1v) is 8.82. The van der Waals surface area contributed by atoms with Gasteiger partial charge < -0.3 is 10.3 Å². The van der Waals surface area contributed by atoms with Crippen molar-refractivity contribution in [2.24, 2.45) is 0 Å². The molecule has 0 fully saturated rings. The summed E-state index contributed by atoms with van der Waals surface area (Å²) in [7, 11) is 0. The fourth-order valence-electron chi connectivity index (χ4n) is 2.89. The molecule has 2 aromatic heterocycles. The predicted molar refractivity (Wildman–Crippen MR) is 98.4 cm³/mol. The maximum atomic E-state index is 11.8. The first kappa shape index (κ1) is 17.2. The number of imidazole rings is 1. The summed E-state index contributed by atoms with van der Waals surface area (Å²) < 4.78 is 1.85. The average Bonchev–Trinajstić information content (AvgIpc) is 3.25. The minimum Gasteiger partial charge on any atom is -0.356 e. The second-order valence-electron chi connectivity index (χ2n) is 6.41. The summed E-state index contributed by atoms with van der Waals surface area (Å²) in [5.74, 6) is 1.08. The van der Waals surface area contributed by atoms with Gasteiger partial charge in [-0.3, -0.25) is 9.48 Å². The molecule has 6 heteroatoms. The van der Waals surface area contributed by atoms with Crippen LogP contribution < -0.4 is 5.32 Å². The molecule has 2 heterocycles. The lowest BCUT2D eigenvalue weighted by Gasteiger charge is -2.05. The number of rotatable bonds is 8. The van der Waals surface area contributed by atoms with E-state index in [-0.39, 0.29) is 5.91 Å². The van der Waals surface area contributed by atoms with Gasteiger partial charge in [-0.05, 0) is 49.9 Å². The van der Waals surface area contributed by atoms with Crippen LogP contribution in [0.3, 0.4) is 0 Å². The molecule has 0 unspecified atom stereocenters. The molecule has 0 spiro atoms. The van der Waals surface area contributed by atoms with E-state index in [4.69, 9.17) is 0 Å². The van der Waals surface area contributed by atoms with Gasteiger partial charge in [0.25, 0.3) is 0 Å². The molecule has 3 rings (SSSR count). The number of hydrogen-bond donors (Lipinski definition) is 2. The molecule has 1 amide bonds. The zero-order chi connectivity index (χ0) is 17.6. The molecule has 0 aliphatic carbocycles. The summed E-state index contributed by atoms with van der Waals surface area (Å²) in [4.78, 5) is 19.9. The Labute approximate surface area is 147 Å². The summed E-state index contributed by atoms with van der Waals surface area (Å²) in [5, 5.41) is 7.10. The monoisotopic (exact) mass is 339 g/mol. The number of aryl methyl sites for hydroxylation is 4. The fraction of sp³-hybridized carbons (Fsp3) is 0.421. The van der Waals surface area contributed by atoms with Gasteiger partial charge in [-0.15, -0.1) is 0 Å². The van der Waals surface area contributed by atoms with Gasteiger partial charge in [0.05, 0.1) is 11.0 Å². The van der Waals surface area contributed by atoms with Crippen molar-refractivity contribution in [2.75, 3.05) is 6.54 Å². The summed E-state index contributed by atoms with van der Waals surface area (Å²) in [6.45, 7) is 5.66. The zero-order valence-corrected chi connectivity index (χ0v) is 14.9. The smallest absolute Gasteiger partial charge is 0.220 e. The summed E-state index contributed by atoms with van der Waals surface area (Å²) >= 11 is 0. The third-order valence-corrected chi connectivity index (χ3v) is 4.49. The third-order valence-electron chi connectivity index (χ3n) is 4.49. The predicted octanol–water partition coefficient (Wildman–Crippen LogP) is 2.91. The summed E-state index contributed by atoms with van der Waals surface area (Å²) in [5.41, 5.74) is 4.62. The number of carbonyl (C=O) groups excluding carboxylic acids is 1. The third kappa shape index (κ3) is 4.47. The molecule has 0 aliphatic heterocycles. The number of carbonyl (C=O) groups is 1. The highest BCUT2D eigenvalue weighted by Crippen LogP contribution is 2.19. The lowest BCUT2D eigenvalue weighted by Crippen LogP contribution is -2.24. The fourth-order valence-corrected chi connectivity index (χ4v) is 2.89. The largest absolute Gasteiger partial charge is 0.356 e. The molecule has 0 aliphatic rings. The molecule has 0 bridgehead atoms. The van der Waals surface area contributed by atoms with Crippen molar-refractivity contribution in [3.8, 4) is 0 Å². The Morgan fingerprint density at radius 3 is 2.96 bits per heavy atom. The van der Waals surface area contributed by atoms with Crippen molar-refractivity contribution in [3.05, 3.63) is 47.5 Å². The second-order valence-corrected chi connectivity index (χ2v) is 6.41. The minimum absolute atomic E-state index is 0.100. The van der Waals surface area contributed by atoms with Gasteiger partial charge in [-0.2, -0.15) is 5.10 Å². The molecular formula is C19H25N5O. The molecule has 3 aromatic rings. The van der Waals surface area contributed by atoms with Gasteiger partial charge in [0.1, 0.15) is 5.82 Å². The van der Waals surface area contributed by atoms with Crippen molar-refractivity contribution in [2.45, 2.75) is 46.1 Å². The number of hydrogen-bond acceptors (Lipinski definition) is 3. The standard InChI is InChI=1S/C19H25N5O/c1-14-8-9-16-19(15(14)2)23-17(22-16)6-3-10-20-18(25)7-4-12-24-13-5-11-21-24/h5,8-9,11,13H,3-4,6-7,10,12H2,1-2H3,(H,20,25)(H,22,23). The molecule has 0 atom stereocenters. The first-order valence-electron chi connectivity index (χ1n) is 8.82. The number of benzene rings is 1. The van der Waals surface area contributed by atoms with Gasteiger partial charge in [-0.1, -0.05) is 6.07 Å². The molecule has 0 saturated heterocycles. The highest BCUT2D eigenvalue weighted by atomic mass is 16.1. The van der Waals surface area contributed by atoms with Crippen LogP contribution in [0.4, 0.5) is 0 Å². The maximum Gasteiger partial charge on any atom is 0.220 e. The molecule has 2 N–H and O–H groups in total. The number of aromatic amines is 1. The number of nitrogens with zero attached hydrogens (tertiary/aromatic N) is 3. The van der Waals surface area contributed by atoms with E-state index in [0.717, 1.165) is 42.7 Å². The average molecular weight is 339 g/mol. The molecule has 132 valence electrons. The van der Waals surface area contributed by atoms with E-state index in [2.05, 4.69) is 46.4 Å². The van der Waals surface area contributed by atoms with Crippen LogP contribution in [0, 0.1) is 13.8 Å². The normalized spacial score (nSPS) is 11.1. The van der Waals surface area contributed by atoms with Crippen molar-refractivity contribution in [3.63, 3.8) is 0 Å². The molecule has 6 nitrogen and oxygen atoms in total. The first-order chi connectivity index (χ1) is 12.1. The number of H-pyrrole nitrogens is 1. The molecule has 1 aromatic carbocycles. The van der Waals surface area contributed by atoms with Crippen LogP contribution in [0.5, 0.6) is 0 Å². The van der Waals surface area contributed by atoms with E-state index >= 15 is 0 Å². The highest BCUT2D eigenvalue weighted by Gasteiger charge is 2.07. The van der Waals surface area contributed by atoms with Crippen LogP contribution in [0.1, 0.15) is 36.2 Å². The van der Waals surface area contributed by atoms with Crippen molar-refractivity contribution in [1.29, 1.82) is 0 Å². The van der Waals surface area contributed by atoms with E-state index in [1.165, 1.54) is 11.1 Å². The van der Waals surface area contributed by atoms with Gasteiger partial charge in [0, 0.05) is 38.3 Å². The van der Waals surface area contributed by atoms with Gasteiger partial charge in [0.15, 0.2) is 0 Å². The number of nitrogens with one attached hydrogen (secondary N) is 2. The topological polar surface area (TPSA) is 75.6 Å². The Hall–Kier alpha value is -2.63. The lowest BCUT2D eigenvalue weighted by atomic mass is 10.1. The maximum absolute atomic E-state index is 11.8. The van der Waals surface area contributed by atoms with E-state index in [1.807, 2.05) is 16.9 Å². The highest BCUT2D eigenvalue weighted by molar-refractivity contribution is 5.79. The van der Waals surface area contributed by atoms with Gasteiger partial charge >= 0.3 is 0 Å². The molecule has 0 radical (unpaired) electrons. The molecular weight excluding hydrogens is 314 g/mol. The number of fused-ring (bicyclic) bond motifs is 1. The Morgan fingerprint density at radius 1 is 1.28 bits per heavy atom. The van der Waals surface area contributed by atoms with E-state index in [1.54, 1.807) is 6.20 Å². The van der Waals surface area contributed by atoms with Crippen LogP contribution in [0.25, 0.3) is 11.0 Å². The van der Waals surface area contributed by atoms with Gasteiger partial charge in [-0.25, -0.2) is 4.98 Å². The Morgan fingerprint density at radius 2 is 2.16 bits per heavy atom. The Balaban J connectivity index is 1.38. The Bertz CT molecular complexity index is 835. The number of amides is 1. The van der Waals surface area contributed by atoms with Gasteiger partial charge in [0.2, 0.25) is 5.91 Å². The van der Waals surface area contributed by atoms with E-state index in [9.17, 15) is 4.79 Å². The van der Waals surface area contributed by atoms with Crippen LogP contribution in [0.15, 0.2) is 30.6 Å². The summed E-state index contributed by atoms with van der Waals surface area (Å²) in [6, 6.07) is 6.08. The van der Waals surface area contributed by atoms with Crippen molar-refractivity contribution < 1.29 is 4.79 Å². The lowest BCUT2D eigenvalue weighted by molar-refractivity contribution is -0.121. The van der Waals surface area contributed by atoms with Crippen LogP contribution >= 0.6 is 0 Å². The second kappa shape index (κ2) is 7.96.